The van der Waals surface area contributed by atoms with E-state index < -0.39 is 5.54 Å². The van der Waals surface area contributed by atoms with Gasteiger partial charge in [0.1, 0.15) is 11.4 Å². The lowest BCUT2D eigenvalue weighted by Crippen LogP contribution is -2.29. The van der Waals surface area contributed by atoms with Gasteiger partial charge in [-0.15, -0.1) is 5.10 Å². The molecule has 6 heteroatoms. The standard InChI is InChI=1S/C14H17BrN4O/c1-14(2,16)12-8-19(18-17-12)7-10-6-11(15)5-9-3-4-20-13(9)10/h5-6,8H,3-4,7,16H2,1-2H3. The van der Waals surface area contributed by atoms with Crippen molar-refractivity contribution in [3.8, 4) is 5.75 Å². The number of halogens is 1. The second-order valence-corrected chi connectivity index (χ2v) is 6.59. The molecule has 0 spiro atoms. The van der Waals surface area contributed by atoms with Gasteiger partial charge >= 0.3 is 0 Å². The Morgan fingerprint density at radius 2 is 2.25 bits per heavy atom. The minimum absolute atomic E-state index is 0.478. The van der Waals surface area contributed by atoms with Gasteiger partial charge in [0.15, 0.2) is 0 Å². The minimum atomic E-state index is -0.478. The van der Waals surface area contributed by atoms with Gasteiger partial charge in [0.25, 0.3) is 0 Å². The van der Waals surface area contributed by atoms with E-state index in [-0.39, 0.29) is 0 Å². The van der Waals surface area contributed by atoms with E-state index in [0.717, 1.165) is 34.5 Å². The van der Waals surface area contributed by atoms with Gasteiger partial charge in [0.05, 0.1) is 24.9 Å². The fraction of sp³-hybridized carbons (Fsp3) is 0.429. The van der Waals surface area contributed by atoms with E-state index >= 15 is 0 Å². The van der Waals surface area contributed by atoms with Gasteiger partial charge < -0.3 is 10.5 Å². The van der Waals surface area contributed by atoms with Crippen LogP contribution in [0.1, 0.15) is 30.7 Å². The Balaban J connectivity index is 1.90. The number of aromatic nitrogens is 3. The zero-order valence-electron chi connectivity index (χ0n) is 11.6. The molecule has 2 aromatic rings. The highest BCUT2D eigenvalue weighted by Crippen LogP contribution is 2.33. The van der Waals surface area contributed by atoms with Crippen LogP contribution in [0.4, 0.5) is 0 Å². The maximum absolute atomic E-state index is 6.03. The molecule has 106 valence electrons. The highest BCUT2D eigenvalue weighted by Gasteiger charge is 2.20. The van der Waals surface area contributed by atoms with E-state index in [2.05, 4.69) is 38.4 Å². The first-order chi connectivity index (χ1) is 9.43. The van der Waals surface area contributed by atoms with E-state index in [1.54, 1.807) is 4.68 Å². The average molecular weight is 337 g/mol. The molecular weight excluding hydrogens is 320 g/mol. The summed E-state index contributed by atoms with van der Waals surface area (Å²) in [5.74, 6) is 0.984. The van der Waals surface area contributed by atoms with Gasteiger partial charge in [-0.25, -0.2) is 4.68 Å². The van der Waals surface area contributed by atoms with Gasteiger partial charge in [-0.3, -0.25) is 0 Å². The third-order valence-corrected chi connectivity index (χ3v) is 3.81. The molecule has 0 unspecified atom stereocenters. The predicted molar refractivity (Wildman–Crippen MR) is 79.7 cm³/mol. The Bertz CT molecular complexity index is 645. The lowest BCUT2D eigenvalue weighted by molar-refractivity contribution is 0.352. The molecule has 0 fully saturated rings. The summed E-state index contributed by atoms with van der Waals surface area (Å²) < 4.78 is 8.59. The fourth-order valence-corrected chi connectivity index (χ4v) is 2.86. The lowest BCUT2D eigenvalue weighted by atomic mass is 10.0. The van der Waals surface area contributed by atoms with Crippen molar-refractivity contribution in [2.24, 2.45) is 5.73 Å². The SMILES string of the molecule is CC(C)(N)c1cn(Cc2cc(Br)cc3c2OCC3)nn1. The Morgan fingerprint density at radius 1 is 1.45 bits per heavy atom. The van der Waals surface area contributed by atoms with Crippen LogP contribution in [0.3, 0.4) is 0 Å². The van der Waals surface area contributed by atoms with Crippen LogP contribution in [0, 0.1) is 0 Å². The molecule has 2 N–H and O–H groups in total. The van der Waals surface area contributed by atoms with Crippen molar-refractivity contribution in [2.45, 2.75) is 32.4 Å². The summed E-state index contributed by atoms with van der Waals surface area (Å²) in [5.41, 5.74) is 8.69. The molecular formula is C14H17BrN4O. The molecule has 20 heavy (non-hydrogen) atoms. The quantitative estimate of drug-likeness (QED) is 0.933. The summed E-state index contributed by atoms with van der Waals surface area (Å²) in [6.45, 7) is 5.21. The van der Waals surface area contributed by atoms with Crippen LogP contribution in [0.5, 0.6) is 5.75 Å². The first kappa shape index (κ1) is 13.6. The van der Waals surface area contributed by atoms with Gasteiger partial charge in [-0.2, -0.15) is 0 Å². The van der Waals surface area contributed by atoms with Gasteiger partial charge in [-0.05, 0) is 31.5 Å². The monoisotopic (exact) mass is 336 g/mol. The van der Waals surface area contributed by atoms with E-state index in [9.17, 15) is 0 Å². The summed E-state index contributed by atoms with van der Waals surface area (Å²) in [7, 11) is 0. The second-order valence-electron chi connectivity index (χ2n) is 5.67. The van der Waals surface area contributed by atoms with E-state index in [1.807, 2.05) is 20.0 Å². The molecule has 1 aromatic heterocycles. The summed E-state index contributed by atoms with van der Waals surface area (Å²) in [5, 5.41) is 8.28. The summed E-state index contributed by atoms with van der Waals surface area (Å²) in [6, 6.07) is 4.18. The van der Waals surface area contributed by atoms with Crippen molar-refractivity contribution in [1.29, 1.82) is 0 Å². The van der Waals surface area contributed by atoms with Crippen molar-refractivity contribution >= 4 is 15.9 Å². The fourth-order valence-electron chi connectivity index (χ4n) is 2.31. The Kier molecular flexibility index (Phi) is 3.30. The van der Waals surface area contributed by atoms with Crippen LogP contribution < -0.4 is 10.5 Å². The number of hydrogen-bond acceptors (Lipinski definition) is 4. The van der Waals surface area contributed by atoms with Gasteiger partial charge in [0.2, 0.25) is 0 Å². The first-order valence-electron chi connectivity index (χ1n) is 6.57. The van der Waals surface area contributed by atoms with Gasteiger partial charge in [0, 0.05) is 16.5 Å². The number of fused-ring (bicyclic) bond motifs is 1. The van der Waals surface area contributed by atoms with Crippen LogP contribution in [0.2, 0.25) is 0 Å². The van der Waals surface area contributed by atoms with Crippen molar-refractivity contribution in [1.82, 2.24) is 15.0 Å². The maximum Gasteiger partial charge on any atom is 0.127 e. The molecule has 0 atom stereocenters. The molecule has 0 bridgehead atoms. The molecule has 0 saturated carbocycles. The largest absolute Gasteiger partial charge is 0.493 e. The smallest absolute Gasteiger partial charge is 0.127 e. The van der Waals surface area contributed by atoms with Crippen LogP contribution >= 0.6 is 15.9 Å². The maximum atomic E-state index is 6.03. The molecule has 5 nitrogen and oxygen atoms in total. The van der Waals surface area contributed by atoms with Gasteiger partial charge in [-0.1, -0.05) is 21.1 Å². The second kappa shape index (κ2) is 4.86. The zero-order valence-corrected chi connectivity index (χ0v) is 13.1. The Morgan fingerprint density at radius 3 is 2.95 bits per heavy atom. The highest BCUT2D eigenvalue weighted by molar-refractivity contribution is 9.10. The lowest BCUT2D eigenvalue weighted by Gasteiger charge is -2.13. The molecule has 1 aliphatic rings. The summed E-state index contributed by atoms with van der Waals surface area (Å²) in [6.07, 6.45) is 2.85. The van der Waals surface area contributed by atoms with Crippen LogP contribution in [-0.2, 0) is 18.5 Å². The molecule has 0 saturated heterocycles. The normalized spacial score (nSPS) is 14.2. The van der Waals surface area contributed by atoms with E-state index in [1.165, 1.54) is 5.56 Å². The zero-order chi connectivity index (χ0) is 14.3. The van der Waals surface area contributed by atoms with Crippen molar-refractivity contribution in [3.05, 3.63) is 39.6 Å². The third kappa shape index (κ3) is 2.58. The molecule has 3 rings (SSSR count). The van der Waals surface area contributed by atoms with Crippen molar-refractivity contribution < 1.29 is 4.74 Å². The summed E-state index contributed by atoms with van der Waals surface area (Å²) >= 11 is 3.55. The number of rotatable bonds is 3. The molecule has 0 aliphatic carbocycles. The molecule has 0 amide bonds. The topological polar surface area (TPSA) is 66.0 Å². The Labute approximate surface area is 126 Å². The molecule has 0 radical (unpaired) electrons. The Hall–Kier alpha value is -1.40. The number of hydrogen-bond donors (Lipinski definition) is 1. The number of nitrogens with two attached hydrogens (primary N) is 1. The first-order valence-corrected chi connectivity index (χ1v) is 7.36. The van der Waals surface area contributed by atoms with Crippen molar-refractivity contribution in [2.75, 3.05) is 6.61 Å². The molecule has 2 heterocycles. The molecule has 1 aromatic carbocycles. The highest BCUT2D eigenvalue weighted by atomic mass is 79.9. The number of benzene rings is 1. The third-order valence-electron chi connectivity index (χ3n) is 3.36. The van der Waals surface area contributed by atoms with Crippen LogP contribution in [-0.4, -0.2) is 21.6 Å². The average Bonchev–Trinajstić information content (AvgIpc) is 2.95. The van der Waals surface area contributed by atoms with E-state index in [4.69, 9.17) is 10.5 Å². The van der Waals surface area contributed by atoms with Crippen LogP contribution in [0.25, 0.3) is 0 Å². The van der Waals surface area contributed by atoms with Crippen LogP contribution in [0.15, 0.2) is 22.8 Å². The van der Waals surface area contributed by atoms with E-state index in [0.29, 0.717) is 6.54 Å². The van der Waals surface area contributed by atoms with Crippen molar-refractivity contribution in [3.63, 3.8) is 0 Å². The summed E-state index contributed by atoms with van der Waals surface area (Å²) in [4.78, 5) is 0. The minimum Gasteiger partial charge on any atom is -0.493 e. The number of ether oxygens (including phenoxy) is 1. The predicted octanol–water partition coefficient (Wildman–Crippen LogP) is 2.22. The number of nitrogens with zero attached hydrogens (tertiary/aromatic N) is 3. The molecule has 1 aliphatic heterocycles.